The topological polar surface area (TPSA) is 68.9 Å². The Labute approximate surface area is 179 Å². The van der Waals surface area contributed by atoms with Crippen molar-refractivity contribution in [1.29, 1.82) is 0 Å². The van der Waals surface area contributed by atoms with Gasteiger partial charge in [0.2, 0.25) is 0 Å². The highest BCUT2D eigenvalue weighted by atomic mass is 127. The van der Waals surface area contributed by atoms with E-state index in [-0.39, 0.29) is 24.0 Å². The van der Waals surface area contributed by atoms with Crippen molar-refractivity contribution in [3.05, 3.63) is 60.2 Å². The Morgan fingerprint density at radius 1 is 0.963 bits per heavy atom. The van der Waals surface area contributed by atoms with E-state index < -0.39 is 0 Å². The summed E-state index contributed by atoms with van der Waals surface area (Å²) in [5, 5.41) is 3.07. The maximum absolute atomic E-state index is 5.77. The summed E-state index contributed by atoms with van der Waals surface area (Å²) < 4.78 is 11.5. The number of unbranched alkanes of at least 4 members (excludes halogenated alkanes) is 1. The first-order valence-electron chi connectivity index (χ1n) is 9.09. The average Bonchev–Trinajstić information content (AvgIpc) is 2.64. The van der Waals surface area contributed by atoms with E-state index in [1.807, 2.05) is 68.4 Å². The molecule has 0 heterocycles. The molecule has 0 aromatic heterocycles. The summed E-state index contributed by atoms with van der Waals surface area (Å²) in [7, 11) is 0. The molecule has 0 aliphatic carbocycles. The number of guanidine groups is 1. The molecule has 0 fully saturated rings. The van der Waals surface area contributed by atoms with E-state index in [1.54, 1.807) is 0 Å². The minimum absolute atomic E-state index is 0. The van der Waals surface area contributed by atoms with Crippen LogP contribution in [0.2, 0.25) is 0 Å². The number of halogens is 1. The van der Waals surface area contributed by atoms with E-state index in [4.69, 9.17) is 15.2 Å². The lowest BCUT2D eigenvalue weighted by atomic mass is 10.2. The Bertz CT molecular complexity index is 661. The Kier molecular flexibility index (Phi) is 11.3. The van der Waals surface area contributed by atoms with Crippen LogP contribution < -0.4 is 20.5 Å². The fourth-order valence-electron chi connectivity index (χ4n) is 2.32. The molecular formula is C21H30IN3O2. The molecule has 3 N–H and O–H groups in total. The summed E-state index contributed by atoms with van der Waals surface area (Å²) in [6.07, 6.45) is 1.88. The quantitative estimate of drug-likeness (QED) is 0.228. The first kappa shape index (κ1) is 23.1. The molecule has 2 aromatic rings. The standard InChI is InChI=1S/C21H29N3O2.HI/c1-17(2)24-21(22)23-14-6-7-15-25-19-10-12-20(13-11-19)26-16-18-8-4-3-5-9-18;/h3-5,8-13,17H,6-7,14-16H2,1-2H3,(H3,22,23,24);1H. The van der Waals surface area contributed by atoms with Gasteiger partial charge in [0.25, 0.3) is 0 Å². The number of nitrogens with one attached hydrogen (secondary N) is 1. The Hall–Kier alpha value is -1.96. The lowest BCUT2D eigenvalue weighted by molar-refractivity contribution is 0.298. The molecule has 2 rings (SSSR count). The van der Waals surface area contributed by atoms with Gasteiger partial charge in [0.15, 0.2) is 5.96 Å². The van der Waals surface area contributed by atoms with Gasteiger partial charge in [-0.25, -0.2) is 0 Å². The van der Waals surface area contributed by atoms with E-state index in [9.17, 15) is 0 Å². The third kappa shape index (κ3) is 10.1. The summed E-state index contributed by atoms with van der Waals surface area (Å²) in [5.74, 6) is 2.19. The number of nitrogens with zero attached hydrogens (tertiary/aromatic N) is 1. The minimum atomic E-state index is 0. The third-order valence-corrected chi connectivity index (χ3v) is 3.61. The number of nitrogens with two attached hydrogens (primary N) is 1. The molecule has 2 aromatic carbocycles. The molecule has 0 radical (unpaired) electrons. The van der Waals surface area contributed by atoms with Crippen LogP contribution in [0.15, 0.2) is 59.6 Å². The van der Waals surface area contributed by atoms with Gasteiger partial charge < -0.3 is 20.5 Å². The monoisotopic (exact) mass is 483 g/mol. The Balaban J connectivity index is 0.00000364. The first-order valence-corrected chi connectivity index (χ1v) is 9.09. The second-order valence-electron chi connectivity index (χ2n) is 6.37. The molecule has 0 amide bonds. The van der Waals surface area contributed by atoms with Crippen molar-refractivity contribution in [3.63, 3.8) is 0 Å². The van der Waals surface area contributed by atoms with Crippen LogP contribution in [0, 0.1) is 0 Å². The van der Waals surface area contributed by atoms with E-state index in [1.165, 1.54) is 0 Å². The van der Waals surface area contributed by atoms with Crippen LogP contribution in [0.1, 0.15) is 32.3 Å². The molecule has 0 saturated heterocycles. The van der Waals surface area contributed by atoms with Crippen molar-refractivity contribution in [2.75, 3.05) is 13.2 Å². The molecule has 148 valence electrons. The molecule has 27 heavy (non-hydrogen) atoms. The molecular weight excluding hydrogens is 453 g/mol. The van der Waals surface area contributed by atoms with Crippen molar-refractivity contribution < 1.29 is 9.47 Å². The van der Waals surface area contributed by atoms with Crippen LogP contribution in [-0.4, -0.2) is 25.2 Å². The number of rotatable bonds is 10. The average molecular weight is 483 g/mol. The van der Waals surface area contributed by atoms with Gasteiger partial charge in [0.1, 0.15) is 18.1 Å². The number of hydrogen-bond acceptors (Lipinski definition) is 3. The Morgan fingerprint density at radius 2 is 1.59 bits per heavy atom. The highest BCUT2D eigenvalue weighted by Crippen LogP contribution is 2.19. The molecule has 0 unspecified atom stereocenters. The minimum Gasteiger partial charge on any atom is -0.494 e. The third-order valence-electron chi connectivity index (χ3n) is 3.61. The first-order chi connectivity index (χ1) is 12.6. The lowest BCUT2D eigenvalue weighted by Crippen LogP contribution is -2.36. The van der Waals surface area contributed by atoms with E-state index in [2.05, 4.69) is 10.3 Å². The second-order valence-corrected chi connectivity index (χ2v) is 6.37. The van der Waals surface area contributed by atoms with Crippen LogP contribution >= 0.6 is 24.0 Å². The summed E-state index contributed by atoms with van der Waals surface area (Å²) in [6.45, 7) is 6.01. The van der Waals surface area contributed by atoms with Crippen LogP contribution in [0.3, 0.4) is 0 Å². The van der Waals surface area contributed by atoms with Gasteiger partial charge in [0.05, 0.1) is 6.61 Å². The van der Waals surface area contributed by atoms with Gasteiger partial charge in [-0.1, -0.05) is 30.3 Å². The lowest BCUT2D eigenvalue weighted by Gasteiger charge is -2.09. The molecule has 5 nitrogen and oxygen atoms in total. The molecule has 0 bridgehead atoms. The van der Waals surface area contributed by atoms with Gasteiger partial charge in [-0.2, -0.15) is 0 Å². The number of hydrogen-bond donors (Lipinski definition) is 2. The molecule has 6 heteroatoms. The van der Waals surface area contributed by atoms with Crippen molar-refractivity contribution in [2.45, 2.75) is 39.3 Å². The van der Waals surface area contributed by atoms with Crippen molar-refractivity contribution >= 4 is 29.9 Å². The predicted molar refractivity (Wildman–Crippen MR) is 122 cm³/mol. The summed E-state index contributed by atoms with van der Waals surface area (Å²) in [4.78, 5) is 4.28. The molecule has 0 aliphatic rings. The zero-order chi connectivity index (χ0) is 18.6. The van der Waals surface area contributed by atoms with Gasteiger partial charge in [0, 0.05) is 12.6 Å². The van der Waals surface area contributed by atoms with Crippen molar-refractivity contribution in [2.24, 2.45) is 10.7 Å². The maximum Gasteiger partial charge on any atom is 0.188 e. The molecule has 0 aliphatic heterocycles. The zero-order valence-corrected chi connectivity index (χ0v) is 18.4. The Morgan fingerprint density at radius 3 is 2.22 bits per heavy atom. The predicted octanol–water partition coefficient (Wildman–Crippen LogP) is 4.36. The summed E-state index contributed by atoms with van der Waals surface area (Å²) >= 11 is 0. The van der Waals surface area contributed by atoms with Crippen LogP contribution in [0.5, 0.6) is 11.5 Å². The summed E-state index contributed by atoms with van der Waals surface area (Å²) in [5.41, 5.74) is 6.90. The largest absolute Gasteiger partial charge is 0.494 e. The van der Waals surface area contributed by atoms with Gasteiger partial charge in [-0.3, -0.25) is 4.99 Å². The smallest absolute Gasteiger partial charge is 0.188 e. The van der Waals surface area contributed by atoms with E-state index in [0.717, 1.165) is 29.9 Å². The van der Waals surface area contributed by atoms with Crippen molar-refractivity contribution in [1.82, 2.24) is 5.32 Å². The number of aliphatic imine (C=N–C) groups is 1. The normalized spacial score (nSPS) is 11.0. The molecule has 0 spiro atoms. The van der Waals surface area contributed by atoms with Crippen LogP contribution in [0.25, 0.3) is 0 Å². The molecule has 0 saturated carbocycles. The highest BCUT2D eigenvalue weighted by Gasteiger charge is 1.99. The molecule has 0 atom stereocenters. The fourth-order valence-corrected chi connectivity index (χ4v) is 2.32. The maximum atomic E-state index is 5.77. The SMILES string of the molecule is CC(C)NC(N)=NCCCCOc1ccc(OCc2ccccc2)cc1.I. The highest BCUT2D eigenvalue weighted by molar-refractivity contribution is 14.0. The van der Waals surface area contributed by atoms with Gasteiger partial charge >= 0.3 is 0 Å². The number of benzene rings is 2. The second kappa shape index (κ2) is 13.2. The van der Waals surface area contributed by atoms with Crippen molar-refractivity contribution in [3.8, 4) is 11.5 Å². The van der Waals surface area contributed by atoms with Crippen LogP contribution in [0.4, 0.5) is 0 Å². The summed E-state index contributed by atoms with van der Waals surface area (Å²) in [6, 6.07) is 18.2. The van der Waals surface area contributed by atoms with Crippen LogP contribution in [-0.2, 0) is 6.61 Å². The van der Waals surface area contributed by atoms with E-state index >= 15 is 0 Å². The zero-order valence-electron chi connectivity index (χ0n) is 16.1. The van der Waals surface area contributed by atoms with E-state index in [0.29, 0.717) is 31.8 Å². The number of ether oxygens (including phenoxy) is 2. The van der Waals surface area contributed by atoms with Gasteiger partial charge in [-0.15, -0.1) is 24.0 Å². The van der Waals surface area contributed by atoms with Gasteiger partial charge in [-0.05, 0) is 56.5 Å². The fraction of sp³-hybridized carbons (Fsp3) is 0.381.